The van der Waals surface area contributed by atoms with Crippen LogP contribution in [0, 0.1) is 30.1 Å². The van der Waals surface area contributed by atoms with Gasteiger partial charge in [0.15, 0.2) is 0 Å². The van der Waals surface area contributed by atoms with Crippen LogP contribution in [0.25, 0.3) is 0 Å². The summed E-state index contributed by atoms with van der Waals surface area (Å²) in [5, 5.41) is 0. The van der Waals surface area contributed by atoms with Gasteiger partial charge in [-0.2, -0.15) is 0 Å². The van der Waals surface area contributed by atoms with Crippen LogP contribution in [0.1, 0.15) is 19.8 Å². The highest BCUT2D eigenvalue weighted by atomic mass is 16.2. The lowest BCUT2D eigenvalue weighted by molar-refractivity contribution is -0.139. The molecule has 1 aliphatic heterocycles. The SMILES string of the molecule is C#CCN1C(=O)C2CC(C)CC2C1=O. The number of likely N-dealkylation sites (tertiary alicyclic amines) is 1. The van der Waals surface area contributed by atoms with Gasteiger partial charge in [0, 0.05) is 0 Å². The summed E-state index contributed by atoms with van der Waals surface area (Å²) in [7, 11) is 0. The van der Waals surface area contributed by atoms with Crippen molar-refractivity contribution < 1.29 is 9.59 Å². The third-order valence-corrected chi connectivity index (χ3v) is 3.21. The van der Waals surface area contributed by atoms with Crippen LogP contribution >= 0.6 is 0 Å². The number of rotatable bonds is 1. The summed E-state index contributed by atoms with van der Waals surface area (Å²) in [6, 6.07) is 0. The minimum absolute atomic E-state index is 0.0534. The molecule has 0 aromatic heterocycles. The lowest BCUT2D eigenvalue weighted by atomic mass is 10.00. The summed E-state index contributed by atoms with van der Waals surface area (Å²) in [6.45, 7) is 2.23. The molecule has 14 heavy (non-hydrogen) atoms. The van der Waals surface area contributed by atoms with E-state index in [1.165, 1.54) is 4.90 Å². The summed E-state index contributed by atoms with van der Waals surface area (Å²) in [5.41, 5.74) is 0. The lowest BCUT2D eigenvalue weighted by Crippen LogP contribution is -2.32. The molecule has 2 amide bonds. The minimum atomic E-state index is -0.0779. The first kappa shape index (κ1) is 9.26. The van der Waals surface area contributed by atoms with E-state index in [9.17, 15) is 9.59 Å². The largest absolute Gasteiger partial charge is 0.274 e. The van der Waals surface area contributed by atoms with E-state index in [1.807, 2.05) is 0 Å². The molecule has 2 unspecified atom stereocenters. The van der Waals surface area contributed by atoms with E-state index in [2.05, 4.69) is 12.8 Å². The summed E-state index contributed by atoms with van der Waals surface area (Å²) in [6.07, 6.45) is 6.80. The zero-order chi connectivity index (χ0) is 10.3. The van der Waals surface area contributed by atoms with Gasteiger partial charge >= 0.3 is 0 Å². The quantitative estimate of drug-likeness (QED) is 0.451. The van der Waals surface area contributed by atoms with Crippen molar-refractivity contribution >= 4 is 11.8 Å². The van der Waals surface area contributed by atoms with Crippen molar-refractivity contribution in [1.29, 1.82) is 0 Å². The van der Waals surface area contributed by atoms with Gasteiger partial charge < -0.3 is 0 Å². The number of imide groups is 1. The molecule has 1 heterocycles. The predicted molar refractivity (Wildman–Crippen MR) is 50.9 cm³/mol. The minimum Gasteiger partial charge on any atom is -0.274 e. The predicted octanol–water partition coefficient (Wildman–Crippen LogP) is 0.651. The van der Waals surface area contributed by atoms with Gasteiger partial charge in [-0.3, -0.25) is 14.5 Å². The van der Waals surface area contributed by atoms with Crippen LogP contribution in [0.5, 0.6) is 0 Å². The van der Waals surface area contributed by atoms with E-state index in [4.69, 9.17) is 6.42 Å². The van der Waals surface area contributed by atoms with Crippen LogP contribution in [0.4, 0.5) is 0 Å². The number of nitrogens with zero attached hydrogens (tertiary/aromatic N) is 1. The van der Waals surface area contributed by atoms with E-state index < -0.39 is 0 Å². The maximum absolute atomic E-state index is 11.7. The first-order chi connectivity index (χ1) is 6.65. The Bertz CT molecular complexity index is 305. The number of terminal acetylenes is 1. The van der Waals surface area contributed by atoms with Gasteiger partial charge in [0.25, 0.3) is 0 Å². The summed E-state index contributed by atoms with van der Waals surface area (Å²) in [5.74, 6) is 2.58. The fraction of sp³-hybridized carbons (Fsp3) is 0.636. The van der Waals surface area contributed by atoms with E-state index >= 15 is 0 Å². The summed E-state index contributed by atoms with van der Waals surface area (Å²) < 4.78 is 0. The molecule has 2 rings (SSSR count). The maximum Gasteiger partial charge on any atom is 0.233 e. The van der Waals surface area contributed by atoms with Crippen molar-refractivity contribution in [3.63, 3.8) is 0 Å². The van der Waals surface area contributed by atoms with Crippen LogP contribution in [0.2, 0.25) is 0 Å². The summed E-state index contributed by atoms with van der Waals surface area (Å²) >= 11 is 0. The number of hydrogen-bond acceptors (Lipinski definition) is 2. The molecule has 74 valence electrons. The monoisotopic (exact) mass is 191 g/mol. The number of carbonyl (C=O) groups excluding carboxylic acids is 2. The van der Waals surface area contributed by atoms with Crippen molar-refractivity contribution in [1.82, 2.24) is 4.90 Å². The Morgan fingerprint density at radius 2 is 1.86 bits per heavy atom. The molecular weight excluding hydrogens is 178 g/mol. The second-order valence-electron chi connectivity index (χ2n) is 4.26. The van der Waals surface area contributed by atoms with Crippen LogP contribution < -0.4 is 0 Å². The van der Waals surface area contributed by atoms with Gasteiger partial charge in [0.2, 0.25) is 11.8 Å². The highest BCUT2D eigenvalue weighted by Crippen LogP contribution is 2.42. The Labute approximate surface area is 83.5 Å². The van der Waals surface area contributed by atoms with Crippen LogP contribution in [-0.2, 0) is 9.59 Å². The van der Waals surface area contributed by atoms with Gasteiger partial charge in [0.05, 0.1) is 18.4 Å². The first-order valence-electron chi connectivity index (χ1n) is 4.93. The van der Waals surface area contributed by atoms with Crippen molar-refractivity contribution in [2.75, 3.05) is 6.54 Å². The average Bonchev–Trinajstić information content (AvgIpc) is 2.61. The van der Waals surface area contributed by atoms with E-state index in [1.54, 1.807) is 0 Å². The van der Waals surface area contributed by atoms with Gasteiger partial charge in [-0.25, -0.2) is 0 Å². The number of carbonyl (C=O) groups is 2. The Kier molecular flexibility index (Phi) is 2.07. The molecule has 0 N–H and O–H groups in total. The number of hydrogen-bond donors (Lipinski definition) is 0. The van der Waals surface area contributed by atoms with Gasteiger partial charge in [-0.15, -0.1) is 6.42 Å². The molecule has 0 bridgehead atoms. The highest BCUT2D eigenvalue weighted by Gasteiger charge is 2.51. The highest BCUT2D eigenvalue weighted by molar-refractivity contribution is 6.05. The third-order valence-electron chi connectivity index (χ3n) is 3.21. The average molecular weight is 191 g/mol. The van der Waals surface area contributed by atoms with Gasteiger partial charge in [0.1, 0.15) is 0 Å². The molecule has 3 heteroatoms. The van der Waals surface area contributed by atoms with Crippen LogP contribution in [0.3, 0.4) is 0 Å². The molecule has 3 nitrogen and oxygen atoms in total. The molecule has 2 atom stereocenters. The van der Waals surface area contributed by atoms with Gasteiger partial charge in [-0.05, 0) is 18.8 Å². The van der Waals surface area contributed by atoms with Crippen LogP contribution in [-0.4, -0.2) is 23.3 Å². The molecule has 0 spiro atoms. The Balaban J connectivity index is 2.21. The van der Waals surface area contributed by atoms with Crippen molar-refractivity contribution in [3.05, 3.63) is 0 Å². The molecule has 2 aliphatic rings. The van der Waals surface area contributed by atoms with Crippen LogP contribution in [0.15, 0.2) is 0 Å². The van der Waals surface area contributed by atoms with Gasteiger partial charge in [-0.1, -0.05) is 12.8 Å². The van der Waals surface area contributed by atoms with E-state index in [0.717, 1.165) is 12.8 Å². The zero-order valence-corrected chi connectivity index (χ0v) is 8.19. The smallest absolute Gasteiger partial charge is 0.233 e. The van der Waals surface area contributed by atoms with E-state index in [-0.39, 0.29) is 30.2 Å². The molecule has 1 aliphatic carbocycles. The fourth-order valence-electron chi connectivity index (χ4n) is 2.59. The summed E-state index contributed by atoms with van der Waals surface area (Å²) in [4.78, 5) is 24.7. The topological polar surface area (TPSA) is 37.4 Å². The van der Waals surface area contributed by atoms with E-state index in [0.29, 0.717) is 5.92 Å². The van der Waals surface area contributed by atoms with Crippen molar-refractivity contribution in [2.45, 2.75) is 19.8 Å². The maximum atomic E-state index is 11.7. The normalized spacial score (nSPS) is 36.0. The van der Waals surface area contributed by atoms with Crippen molar-refractivity contribution in [3.8, 4) is 12.3 Å². The molecular formula is C11H13NO2. The number of fused-ring (bicyclic) bond motifs is 1. The third kappa shape index (κ3) is 1.14. The molecule has 0 radical (unpaired) electrons. The first-order valence-corrected chi connectivity index (χ1v) is 4.93. The molecule has 1 saturated heterocycles. The number of amides is 2. The van der Waals surface area contributed by atoms with Crippen molar-refractivity contribution in [2.24, 2.45) is 17.8 Å². The fourth-order valence-corrected chi connectivity index (χ4v) is 2.59. The Morgan fingerprint density at radius 1 is 1.36 bits per heavy atom. The molecule has 0 aromatic rings. The Morgan fingerprint density at radius 3 is 2.29 bits per heavy atom. The lowest BCUT2D eigenvalue weighted by Gasteiger charge is -2.13. The Hall–Kier alpha value is -1.30. The standard InChI is InChI=1S/C11H13NO2/c1-3-4-12-10(13)8-5-7(2)6-9(8)11(12)14/h1,7-9H,4-6H2,2H3. The second-order valence-corrected chi connectivity index (χ2v) is 4.26. The zero-order valence-electron chi connectivity index (χ0n) is 8.19. The second kappa shape index (κ2) is 3.13. The molecule has 0 aromatic carbocycles. The molecule has 2 fully saturated rings. The molecule has 1 saturated carbocycles.